The molecule has 148 valence electrons. The van der Waals surface area contributed by atoms with E-state index in [9.17, 15) is 9.59 Å². The maximum atomic E-state index is 13.2. The van der Waals surface area contributed by atoms with Crippen molar-refractivity contribution >= 4 is 39.3 Å². The third-order valence-corrected chi connectivity index (χ3v) is 5.50. The van der Waals surface area contributed by atoms with Crippen molar-refractivity contribution in [3.05, 3.63) is 46.7 Å². The van der Waals surface area contributed by atoms with Crippen LogP contribution in [0.25, 0.3) is 11.0 Å². The van der Waals surface area contributed by atoms with E-state index in [4.69, 9.17) is 9.15 Å². The van der Waals surface area contributed by atoms with Crippen molar-refractivity contribution in [2.45, 2.75) is 40.0 Å². The Kier molecular flexibility index (Phi) is 6.46. The SMILES string of the molecule is CCCCCN(C(=O)c1cc2ccccc2o1)c1nc(C)c(C(=O)OCC)s1. The van der Waals surface area contributed by atoms with Crippen LogP contribution in [0.4, 0.5) is 5.13 Å². The normalized spacial score (nSPS) is 11.0. The van der Waals surface area contributed by atoms with Crippen LogP contribution in [0.15, 0.2) is 34.7 Å². The molecule has 1 aromatic carbocycles. The summed E-state index contributed by atoms with van der Waals surface area (Å²) >= 11 is 1.18. The van der Waals surface area contributed by atoms with Crippen molar-refractivity contribution in [1.29, 1.82) is 0 Å². The van der Waals surface area contributed by atoms with Crippen LogP contribution >= 0.6 is 11.3 Å². The van der Waals surface area contributed by atoms with Crippen molar-refractivity contribution in [3.63, 3.8) is 0 Å². The van der Waals surface area contributed by atoms with Gasteiger partial charge in [-0.05, 0) is 32.4 Å². The van der Waals surface area contributed by atoms with Crippen LogP contribution in [0, 0.1) is 6.92 Å². The molecular weight excluding hydrogens is 376 g/mol. The predicted molar refractivity (Wildman–Crippen MR) is 110 cm³/mol. The number of carbonyl (C=O) groups excluding carboxylic acids is 2. The molecule has 3 rings (SSSR count). The van der Waals surface area contributed by atoms with Crippen LogP contribution in [-0.4, -0.2) is 30.0 Å². The molecule has 0 bridgehead atoms. The number of unbranched alkanes of at least 4 members (excludes halogenated alkanes) is 2. The first kappa shape index (κ1) is 20.1. The van der Waals surface area contributed by atoms with Gasteiger partial charge in [-0.25, -0.2) is 9.78 Å². The molecule has 0 saturated carbocycles. The molecule has 2 aromatic heterocycles. The number of aryl methyl sites for hydroxylation is 1. The van der Waals surface area contributed by atoms with E-state index in [-0.39, 0.29) is 11.7 Å². The highest BCUT2D eigenvalue weighted by Crippen LogP contribution is 2.29. The van der Waals surface area contributed by atoms with E-state index in [1.807, 2.05) is 24.3 Å². The molecule has 0 aliphatic carbocycles. The fraction of sp³-hybridized carbons (Fsp3) is 0.381. The molecule has 0 atom stereocenters. The van der Waals surface area contributed by atoms with Gasteiger partial charge in [0.25, 0.3) is 5.91 Å². The number of esters is 1. The molecule has 28 heavy (non-hydrogen) atoms. The number of rotatable bonds is 8. The first-order chi connectivity index (χ1) is 13.5. The molecule has 0 unspecified atom stereocenters. The number of nitrogens with zero attached hydrogens (tertiary/aromatic N) is 2. The van der Waals surface area contributed by atoms with Gasteiger partial charge in [-0.1, -0.05) is 49.3 Å². The zero-order valence-electron chi connectivity index (χ0n) is 16.4. The zero-order chi connectivity index (χ0) is 20.1. The Bertz CT molecular complexity index is 943. The van der Waals surface area contributed by atoms with Crippen LogP contribution < -0.4 is 4.90 Å². The van der Waals surface area contributed by atoms with E-state index >= 15 is 0 Å². The number of benzene rings is 1. The Morgan fingerprint density at radius 2 is 2.00 bits per heavy atom. The van der Waals surface area contributed by atoms with Crippen molar-refractivity contribution < 1.29 is 18.7 Å². The minimum atomic E-state index is -0.409. The second-order valence-corrected chi connectivity index (χ2v) is 7.42. The Hall–Kier alpha value is -2.67. The van der Waals surface area contributed by atoms with Gasteiger partial charge in [-0.15, -0.1) is 0 Å². The summed E-state index contributed by atoms with van der Waals surface area (Å²) in [5.41, 5.74) is 1.23. The second-order valence-electron chi connectivity index (χ2n) is 6.44. The quantitative estimate of drug-likeness (QED) is 0.383. The first-order valence-electron chi connectivity index (χ1n) is 9.50. The summed E-state index contributed by atoms with van der Waals surface area (Å²) in [6.45, 7) is 6.43. The number of fused-ring (bicyclic) bond motifs is 1. The van der Waals surface area contributed by atoms with Crippen molar-refractivity contribution in [1.82, 2.24) is 4.98 Å². The third kappa shape index (κ3) is 4.25. The molecule has 7 heteroatoms. The van der Waals surface area contributed by atoms with Gasteiger partial charge >= 0.3 is 5.97 Å². The van der Waals surface area contributed by atoms with E-state index in [2.05, 4.69) is 11.9 Å². The van der Waals surface area contributed by atoms with E-state index in [0.717, 1.165) is 24.6 Å². The van der Waals surface area contributed by atoms with Crippen LogP contribution in [0.3, 0.4) is 0 Å². The summed E-state index contributed by atoms with van der Waals surface area (Å²) in [4.78, 5) is 31.9. The van der Waals surface area contributed by atoms with E-state index < -0.39 is 5.97 Å². The number of carbonyl (C=O) groups is 2. The van der Waals surface area contributed by atoms with E-state index in [0.29, 0.717) is 34.4 Å². The van der Waals surface area contributed by atoms with Gasteiger partial charge in [0.2, 0.25) is 0 Å². The van der Waals surface area contributed by atoms with Crippen LogP contribution in [0.2, 0.25) is 0 Å². The molecule has 0 saturated heterocycles. The average Bonchev–Trinajstić information content (AvgIpc) is 3.28. The molecule has 0 aliphatic heterocycles. The molecule has 3 aromatic rings. The molecule has 0 spiro atoms. The largest absolute Gasteiger partial charge is 0.462 e. The lowest BCUT2D eigenvalue weighted by Crippen LogP contribution is -2.31. The van der Waals surface area contributed by atoms with Gasteiger partial charge in [0.15, 0.2) is 10.9 Å². The van der Waals surface area contributed by atoms with Gasteiger partial charge in [0, 0.05) is 11.9 Å². The molecular formula is C21H24N2O4S. The average molecular weight is 401 g/mol. The number of para-hydroxylation sites is 1. The molecule has 1 amide bonds. The van der Waals surface area contributed by atoms with Crippen LogP contribution in [0.5, 0.6) is 0 Å². The summed E-state index contributed by atoms with van der Waals surface area (Å²) < 4.78 is 10.9. The molecule has 0 N–H and O–H groups in total. The molecule has 0 fully saturated rings. The standard InChI is InChI=1S/C21H24N2O4S/c1-4-6-9-12-23(21-22-14(3)18(28-21)20(25)26-5-2)19(24)17-13-15-10-7-8-11-16(15)27-17/h7-8,10-11,13H,4-6,9,12H2,1-3H3. The Labute approximate surface area is 168 Å². The first-order valence-corrected chi connectivity index (χ1v) is 10.3. The maximum absolute atomic E-state index is 13.2. The number of ether oxygens (including phenoxy) is 1. The fourth-order valence-corrected chi connectivity index (χ4v) is 3.89. The van der Waals surface area contributed by atoms with Gasteiger partial charge in [-0.3, -0.25) is 9.69 Å². The second kappa shape index (κ2) is 9.01. The van der Waals surface area contributed by atoms with Crippen molar-refractivity contribution in [3.8, 4) is 0 Å². The Balaban J connectivity index is 1.93. The Morgan fingerprint density at radius 1 is 1.21 bits per heavy atom. The smallest absolute Gasteiger partial charge is 0.350 e. The number of hydrogen-bond acceptors (Lipinski definition) is 6. The highest BCUT2D eigenvalue weighted by atomic mass is 32.1. The lowest BCUT2D eigenvalue weighted by atomic mass is 10.2. The summed E-state index contributed by atoms with van der Waals surface area (Å²) in [5.74, 6) is -0.395. The summed E-state index contributed by atoms with van der Waals surface area (Å²) in [6.07, 6.45) is 2.88. The number of aromatic nitrogens is 1. The molecule has 6 nitrogen and oxygen atoms in total. The topological polar surface area (TPSA) is 72.6 Å². The third-order valence-electron chi connectivity index (χ3n) is 4.34. The molecule has 2 heterocycles. The molecule has 0 aliphatic rings. The number of hydrogen-bond donors (Lipinski definition) is 0. The number of thiazole rings is 1. The predicted octanol–water partition coefficient (Wildman–Crippen LogP) is 5.21. The van der Waals surface area contributed by atoms with E-state index in [1.165, 1.54) is 11.3 Å². The Morgan fingerprint density at radius 3 is 2.71 bits per heavy atom. The van der Waals surface area contributed by atoms with Crippen LogP contribution in [-0.2, 0) is 4.74 Å². The minimum Gasteiger partial charge on any atom is -0.462 e. The summed E-state index contributed by atoms with van der Waals surface area (Å²) in [5, 5.41) is 1.36. The number of furan rings is 1. The lowest BCUT2D eigenvalue weighted by Gasteiger charge is -2.18. The summed E-state index contributed by atoms with van der Waals surface area (Å²) in [7, 11) is 0. The van der Waals surface area contributed by atoms with Gasteiger partial charge in [0.05, 0.1) is 12.3 Å². The van der Waals surface area contributed by atoms with Gasteiger partial charge < -0.3 is 9.15 Å². The van der Waals surface area contributed by atoms with Crippen molar-refractivity contribution in [2.24, 2.45) is 0 Å². The highest BCUT2D eigenvalue weighted by molar-refractivity contribution is 7.17. The number of amides is 1. The zero-order valence-corrected chi connectivity index (χ0v) is 17.2. The number of anilines is 1. The van der Waals surface area contributed by atoms with Crippen LogP contribution in [0.1, 0.15) is 59.0 Å². The van der Waals surface area contributed by atoms with Crippen molar-refractivity contribution in [2.75, 3.05) is 18.1 Å². The van der Waals surface area contributed by atoms with E-state index in [1.54, 1.807) is 24.8 Å². The monoisotopic (exact) mass is 400 g/mol. The highest BCUT2D eigenvalue weighted by Gasteiger charge is 2.26. The lowest BCUT2D eigenvalue weighted by molar-refractivity contribution is 0.0531. The fourth-order valence-electron chi connectivity index (χ4n) is 2.91. The molecule has 0 radical (unpaired) electrons. The van der Waals surface area contributed by atoms with Gasteiger partial charge in [0.1, 0.15) is 10.5 Å². The maximum Gasteiger partial charge on any atom is 0.350 e. The summed E-state index contributed by atoms with van der Waals surface area (Å²) in [6, 6.07) is 9.26. The minimum absolute atomic E-state index is 0.253. The van der Waals surface area contributed by atoms with Gasteiger partial charge in [-0.2, -0.15) is 0 Å².